The van der Waals surface area contributed by atoms with Gasteiger partial charge in [0.05, 0.1) is 0 Å². The van der Waals surface area contributed by atoms with Gasteiger partial charge in [0, 0.05) is 43.5 Å². The fourth-order valence-electron chi connectivity index (χ4n) is 2.24. The molecule has 1 saturated heterocycles. The molecule has 0 bridgehead atoms. The first-order chi connectivity index (χ1) is 10.8. The van der Waals surface area contributed by atoms with Crippen molar-refractivity contribution in [2.24, 2.45) is 0 Å². The molecule has 0 aromatic carbocycles. The maximum Gasteiger partial charge on any atom is 0.289 e. The molecule has 0 saturated carbocycles. The Bertz CT molecular complexity index is 612. The molecule has 2 aromatic rings. The van der Waals surface area contributed by atoms with Crippen LogP contribution in [-0.2, 0) is 11.3 Å². The standard InChI is InChI=1S/C15H17N5O2/c21-15(14-16-5-3-6-17-14)20-10-11-8-18-13(19-9-11)12-4-1-2-7-22-12/h3,5-6,8-9,12H,1-2,4,7,10H2,(H,20,21)/t12-/m1/s1. The number of amides is 1. The van der Waals surface area contributed by atoms with Crippen molar-refractivity contribution in [3.05, 3.63) is 48.1 Å². The number of hydrogen-bond donors (Lipinski definition) is 1. The van der Waals surface area contributed by atoms with Crippen LogP contribution in [0, 0.1) is 0 Å². The second-order valence-corrected chi connectivity index (χ2v) is 5.06. The van der Waals surface area contributed by atoms with Gasteiger partial charge in [-0.3, -0.25) is 4.79 Å². The van der Waals surface area contributed by atoms with Gasteiger partial charge in [-0.1, -0.05) is 0 Å². The summed E-state index contributed by atoms with van der Waals surface area (Å²) in [5, 5.41) is 2.74. The van der Waals surface area contributed by atoms with Crippen molar-refractivity contribution in [2.75, 3.05) is 6.61 Å². The topological polar surface area (TPSA) is 89.9 Å². The number of nitrogens with one attached hydrogen (secondary N) is 1. The van der Waals surface area contributed by atoms with Crippen LogP contribution >= 0.6 is 0 Å². The van der Waals surface area contributed by atoms with E-state index in [1.165, 1.54) is 12.4 Å². The van der Waals surface area contributed by atoms with E-state index in [0.29, 0.717) is 12.4 Å². The molecule has 1 aliphatic rings. The zero-order valence-electron chi connectivity index (χ0n) is 12.1. The van der Waals surface area contributed by atoms with Crippen LogP contribution in [-0.4, -0.2) is 32.4 Å². The highest BCUT2D eigenvalue weighted by Gasteiger charge is 2.18. The summed E-state index contributed by atoms with van der Waals surface area (Å²) < 4.78 is 5.65. The number of ether oxygens (including phenoxy) is 1. The molecular weight excluding hydrogens is 282 g/mol. The van der Waals surface area contributed by atoms with Crippen molar-refractivity contribution >= 4 is 5.91 Å². The maximum atomic E-state index is 11.8. The van der Waals surface area contributed by atoms with Crippen molar-refractivity contribution in [3.63, 3.8) is 0 Å². The van der Waals surface area contributed by atoms with Gasteiger partial charge in [0.1, 0.15) is 6.10 Å². The predicted molar refractivity (Wildman–Crippen MR) is 77.8 cm³/mol. The Morgan fingerprint density at radius 1 is 1.18 bits per heavy atom. The minimum absolute atomic E-state index is 0.00453. The quantitative estimate of drug-likeness (QED) is 0.918. The van der Waals surface area contributed by atoms with Crippen LogP contribution in [0.5, 0.6) is 0 Å². The highest BCUT2D eigenvalue weighted by atomic mass is 16.5. The molecule has 3 heterocycles. The summed E-state index contributed by atoms with van der Waals surface area (Å²) in [7, 11) is 0. The fraction of sp³-hybridized carbons (Fsp3) is 0.400. The van der Waals surface area contributed by atoms with Crippen molar-refractivity contribution in [2.45, 2.75) is 31.9 Å². The van der Waals surface area contributed by atoms with Crippen LogP contribution < -0.4 is 5.32 Å². The Morgan fingerprint density at radius 2 is 1.95 bits per heavy atom. The van der Waals surface area contributed by atoms with E-state index in [9.17, 15) is 4.79 Å². The fourth-order valence-corrected chi connectivity index (χ4v) is 2.24. The lowest BCUT2D eigenvalue weighted by atomic mass is 10.1. The Labute approximate surface area is 128 Å². The van der Waals surface area contributed by atoms with E-state index in [0.717, 1.165) is 31.4 Å². The normalized spacial score (nSPS) is 17.9. The summed E-state index contributed by atoms with van der Waals surface area (Å²) in [6, 6.07) is 1.66. The maximum absolute atomic E-state index is 11.8. The van der Waals surface area contributed by atoms with Crippen molar-refractivity contribution in [3.8, 4) is 0 Å². The highest BCUT2D eigenvalue weighted by molar-refractivity contribution is 5.90. The average molecular weight is 299 g/mol. The summed E-state index contributed by atoms with van der Waals surface area (Å²) in [6.07, 6.45) is 9.69. The average Bonchev–Trinajstić information content (AvgIpc) is 2.61. The van der Waals surface area contributed by atoms with Gasteiger partial charge < -0.3 is 10.1 Å². The molecule has 7 nitrogen and oxygen atoms in total. The molecule has 1 N–H and O–H groups in total. The lowest BCUT2D eigenvalue weighted by molar-refractivity contribution is 0.00940. The zero-order chi connectivity index (χ0) is 15.2. The number of rotatable bonds is 4. The second kappa shape index (κ2) is 7.04. The van der Waals surface area contributed by atoms with E-state index in [-0.39, 0.29) is 17.8 Å². The van der Waals surface area contributed by atoms with Crippen LogP contribution in [0.15, 0.2) is 30.9 Å². The molecule has 0 radical (unpaired) electrons. The Morgan fingerprint density at radius 3 is 2.64 bits per heavy atom. The number of hydrogen-bond acceptors (Lipinski definition) is 6. The number of nitrogens with zero attached hydrogens (tertiary/aromatic N) is 4. The minimum atomic E-state index is -0.319. The third-order valence-corrected chi connectivity index (χ3v) is 3.41. The van der Waals surface area contributed by atoms with Crippen LogP contribution in [0.3, 0.4) is 0 Å². The Balaban J connectivity index is 1.56. The van der Waals surface area contributed by atoms with Gasteiger partial charge in [0.25, 0.3) is 5.91 Å². The van der Waals surface area contributed by atoms with Gasteiger partial charge in [-0.05, 0) is 25.3 Å². The van der Waals surface area contributed by atoms with Gasteiger partial charge in [-0.15, -0.1) is 0 Å². The smallest absolute Gasteiger partial charge is 0.289 e. The highest BCUT2D eigenvalue weighted by Crippen LogP contribution is 2.24. The molecule has 1 amide bonds. The number of carbonyl (C=O) groups is 1. The molecular formula is C15H17N5O2. The Hall–Kier alpha value is -2.41. The van der Waals surface area contributed by atoms with E-state index < -0.39 is 0 Å². The summed E-state index contributed by atoms with van der Waals surface area (Å²) >= 11 is 0. The van der Waals surface area contributed by atoms with E-state index in [4.69, 9.17) is 4.74 Å². The van der Waals surface area contributed by atoms with Crippen LogP contribution in [0.1, 0.15) is 47.4 Å². The Kier molecular flexibility index (Phi) is 4.65. The van der Waals surface area contributed by atoms with E-state index in [1.807, 2.05) is 0 Å². The molecule has 3 rings (SSSR count). The first-order valence-corrected chi connectivity index (χ1v) is 7.30. The number of carbonyl (C=O) groups excluding carboxylic acids is 1. The van der Waals surface area contributed by atoms with Gasteiger partial charge >= 0.3 is 0 Å². The van der Waals surface area contributed by atoms with Crippen LogP contribution in [0.4, 0.5) is 0 Å². The SMILES string of the molecule is O=C(NCc1cnc([C@H]2CCCCO2)nc1)c1ncccn1. The third-order valence-electron chi connectivity index (χ3n) is 3.41. The minimum Gasteiger partial charge on any atom is -0.370 e. The molecule has 1 fully saturated rings. The second-order valence-electron chi connectivity index (χ2n) is 5.06. The molecule has 0 unspecified atom stereocenters. The lowest BCUT2D eigenvalue weighted by Gasteiger charge is -2.21. The van der Waals surface area contributed by atoms with Gasteiger partial charge in [-0.25, -0.2) is 19.9 Å². The molecule has 1 aliphatic heterocycles. The summed E-state index contributed by atoms with van der Waals surface area (Å²) in [6.45, 7) is 1.10. The van der Waals surface area contributed by atoms with E-state index >= 15 is 0 Å². The van der Waals surface area contributed by atoms with Crippen molar-refractivity contribution in [1.82, 2.24) is 25.3 Å². The van der Waals surface area contributed by atoms with Gasteiger partial charge in [-0.2, -0.15) is 0 Å². The molecule has 22 heavy (non-hydrogen) atoms. The number of aromatic nitrogens is 4. The van der Waals surface area contributed by atoms with E-state index in [2.05, 4.69) is 25.3 Å². The zero-order valence-corrected chi connectivity index (χ0v) is 12.1. The third kappa shape index (κ3) is 3.62. The molecule has 0 spiro atoms. The van der Waals surface area contributed by atoms with Crippen molar-refractivity contribution in [1.29, 1.82) is 0 Å². The van der Waals surface area contributed by atoms with Crippen LogP contribution in [0.25, 0.3) is 0 Å². The largest absolute Gasteiger partial charge is 0.370 e. The van der Waals surface area contributed by atoms with Crippen molar-refractivity contribution < 1.29 is 9.53 Å². The van der Waals surface area contributed by atoms with Gasteiger partial charge in [0.2, 0.25) is 5.82 Å². The van der Waals surface area contributed by atoms with E-state index in [1.54, 1.807) is 18.5 Å². The van der Waals surface area contributed by atoms with Crippen LogP contribution in [0.2, 0.25) is 0 Å². The predicted octanol–water partition coefficient (Wildman–Crippen LogP) is 1.44. The molecule has 1 atom stereocenters. The monoisotopic (exact) mass is 299 g/mol. The molecule has 2 aromatic heterocycles. The first-order valence-electron chi connectivity index (χ1n) is 7.30. The first kappa shape index (κ1) is 14.5. The summed E-state index contributed by atoms with van der Waals surface area (Å²) in [4.78, 5) is 28.3. The molecule has 114 valence electrons. The molecule has 0 aliphatic carbocycles. The molecule has 7 heteroatoms. The summed E-state index contributed by atoms with van der Waals surface area (Å²) in [5.74, 6) is 0.539. The van der Waals surface area contributed by atoms with Gasteiger partial charge in [0.15, 0.2) is 5.82 Å². The lowest BCUT2D eigenvalue weighted by Crippen LogP contribution is -2.25. The summed E-state index contributed by atoms with van der Waals surface area (Å²) in [5.41, 5.74) is 0.823.